The third-order valence-corrected chi connectivity index (χ3v) is 22.6. The molecule has 1 saturated heterocycles. The highest BCUT2D eigenvalue weighted by molar-refractivity contribution is 7.99. The van der Waals surface area contributed by atoms with E-state index in [1.807, 2.05) is 61.5 Å². The van der Waals surface area contributed by atoms with Gasteiger partial charge in [0.2, 0.25) is 65.7 Å². The van der Waals surface area contributed by atoms with Gasteiger partial charge in [0.15, 0.2) is 40.6 Å². The van der Waals surface area contributed by atoms with Gasteiger partial charge in [-0.1, -0.05) is 89.1 Å². The summed E-state index contributed by atoms with van der Waals surface area (Å²) in [6.45, 7) is 8.19. The molecule has 2 aromatic heterocycles. The minimum atomic E-state index is -1.60. The van der Waals surface area contributed by atoms with Crippen LogP contribution in [0.4, 0.5) is 0 Å². The van der Waals surface area contributed by atoms with Crippen LogP contribution in [0.5, 0.6) is 40.5 Å². The van der Waals surface area contributed by atoms with Gasteiger partial charge in [-0.05, 0) is 128 Å². The van der Waals surface area contributed by atoms with Crippen LogP contribution in [-0.2, 0) is 76.9 Å². The fourth-order valence-corrected chi connectivity index (χ4v) is 15.4. The lowest BCUT2D eigenvalue weighted by Crippen LogP contribution is -2.62. The lowest BCUT2D eigenvalue weighted by molar-refractivity contribution is -0.142. The van der Waals surface area contributed by atoms with Crippen molar-refractivity contribution in [2.24, 2.45) is 46.6 Å². The predicted molar refractivity (Wildman–Crippen MR) is 429 cm³/mol. The predicted octanol–water partition coefficient (Wildman–Crippen LogP) is 2.73. The molecule has 4 aromatic carbocycles. The first-order chi connectivity index (χ1) is 56.0. The van der Waals surface area contributed by atoms with Gasteiger partial charge in [0.1, 0.15) is 36.3 Å². The zero-order valence-corrected chi connectivity index (χ0v) is 67.2. The lowest BCUT2D eigenvalue weighted by atomic mass is 9.66. The molecule has 2 aliphatic heterocycles. The number of aromatic hydroxyl groups is 2. The molecule has 3 aliphatic rings. The maximum atomic E-state index is 14.8. The number of hydrogen-bond acceptors (Lipinski definition) is 24. The van der Waals surface area contributed by atoms with E-state index >= 15 is 0 Å². The molecule has 8 amide bonds. The molecule has 632 valence electrons. The number of aromatic nitrogens is 2. The Kier molecular flexibility index (Phi) is 31.9. The standard InChI is InChI=1S/C81H107N15O20S/c1-8-41(3)68(77(107)91-53(22-15-16-27-82)74(104)94-69(42(4)9-2)78(108)93-57(31-46-37-88-52-21-14-13-20-47(46)52)76(106)92-56(43(5)97)30-44-18-11-10-12-19-44)95-75(105)55(24-25-63(84)98)90-73(103)54(23-17-28-87-81(85)86)89-72(102)51(83)39-117-62-36-64(99)96(79(62)109)29-26-65(100)116-71-60(111-6)32-45(33-61(71)112-7)66-48-34-58-59(115-40-114-58)35-49(48)70(101)50-38-113-80(110)67(50)66/h10-14,18-21,32-37,41-42,50-51,53-57,66-70,88,99,101,109H,8-9,15-17,22-31,38-40,82-83H2,1-7H3,(H2,84,98)(H,89,102)(H,90,103)(H,91,107)(H,92,106)(H,93,108)(H,94,104)(H,95,105)(H4,85,86,87)/t41?,42?,50-,51-,53-,54-,55-,56-,57-,66+,67-,68-,69-,70+/m0/s1. The Morgan fingerprint density at radius 1 is 0.675 bits per heavy atom. The van der Waals surface area contributed by atoms with E-state index in [1.54, 1.807) is 51.2 Å². The number of Topliss-reactive ketones (excluding diaryl/α,β-unsaturated/α-hetero) is 1. The number of rotatable bonds is 44. The number of aliphatic hydroxyl groups is 1. The zero-order chi connectivity index (χ0) is 84.9. The average molecular weight is 1640 g/mol. The van der Waals surface area contributed by atoms with Crippen LogP contribution in [0.3, 0.4) is 0 Å². The number of amides is 8. The van der Waals surface area contributed by atoms with Crippen molar-refractivity contribution in [3.8, 4) is 40.5 Å². The molecule has 9 rings (SSSR count). The van der Waals surface area contributed by atoms with Gasteiger partial charge in [0.05, 0.1) is 56.2 Å². The van der Waals surface area contributed by atoms with Gasteiger partial charge in [-0.15, -0.1) is 11.8 Å². The molecule has 0 spiro atoms. The Bertz CT molecular complexity index is 4550. The molecule has 35 nitrogen and oxygen atoms in total. The van der Waals surface area contributed by atoms with E-state index in [9.17, 15) is 68.1 Å². The number of primary amides is 1. The summed E-state index contributed by atoms with van der Waals surface area (Å²) < 4.78 is 35.0. The molecule has 14 atom stereocenters. The topological polar surface area (TPSA) is 549 Å². The molecule has 1 aliphatic carbocycles. The SMILES string of the molecule is CCC(C)[C@H](NC(=O)[C@H](CCCCN)NC(=O)[C@@H](NC(=O)[C@H](CCC(N)=O)NC(=O)[C@H](CCCNC(=N)N)NC(=O)[C@@H](N)CSc1cc(O)n(CCC(=O)Oc2c(OC)cc([C@@H]3c4cc5c(cc4[C@@H](O)[C@H]4COC(=O)[C@H]34)OCO5)cc2OC)c1O)C(C)CC)C(=O)N[C@@H](Cc1c[nH]c2ccccc12)C(=O)N[C@@H](Cc1ccccc1)C(C)=O. The zero-order valence-electron chi connectivity index (χ0n) is 66.4. The first kappa shape index (κ1) is 89.3. The first-order valence-corrected chi connectivity index (χ1v) is 40.0. The molecule has 2 unspecified atom stereocenters. The molecule has 36 heteroatoms. The van der Waals surface area contributed by atoms with Crippen molar-refractivity contribution in [1.29, 1.82) is 5.41 Å². The summed E-state index contributed by atoms with van der Waals surface area (Å²) in [6, 6.07) is 13.5. The number of methoxy groups -OCH3 is 2. The van der Waals surface area contributed by atoms with Gasteiger partial charge in [-0.2, -0.15) is 0 Å². The number of nitrogens with one attached hydrogen (secondary N) is 10. The molecular formula is C81H107N15O20S. The fourth-order valence-electron chi connectivity index (χ4n) is 14.4. The van der Waals surface area contributed by atoms with E-state index in [2.05, 4.69) is 47.5 Å². The van der Waals surface area contributed by atoms with Crippen molar-refractivity contribution in [1.82, 2.24) is 52.1 Å². The number of ether oxygens (including phenoxy) is 6. The van der Waals surface area contributed by atoms with Gasteiger partial charge in [0, 0.05) is 66.7 Å². The Morgan fingerprint density at radius 3 is 1.85 bits per heavy atom. The van der Waals surface area contributed by atoms with Gasteiger partial charge >= 0.3 is 11.9 Å². The number of ketones is 1. The van der Waals surface area contributed by atoms with Gasteiger partial charge in [-0.25, -0.2) is 0 Å². The van der Waals surface area contributed by atoms with Crippen molar-refractivity contribution in [3.63, 3.8) is 0 Å². The van der Waals surface area contributed by atoms with Crippen LogP contribution in [0.15, 0.2) is 96.0 Å². The van der Waals surface area contributed by atoms with Crippen molar-refractivity contribution in [2.45, 2.75) is 183 Å². The molecule has 4 heterocycles. The van der Waals surface area contributed by atoms with Crippen molar-refractivity contribution < 1.29 is 96.5 Å². The van der Waals surface area contributed by atoms with Crippen LogP contribution >= 0.6 is 11.8 Å². The maximum Gasteiger partial charge on any atom is 0.313 e. The number of esters is 2. The quantitative estimate of drug-likeness (QED) is 0.00653. The van der Waals surface area contributed by atoms with Crippen molar-refractivity contribution in [2.75, 3.05) is 46.5 Å². The summed E-state index contributed by atoms with van der Waals surface area (Å²) in [7, 11) is 2.68. The molecule has 1 fully saturated rings. The summed E-state index contributed by atoms with van der Waals surface area (Å²) in [4.78, 5) is 158. The van der Waals surface area contributed by atoms with E-state index < -0.39 is 174 Å². The van der Waals surface area contributed by atoms with Crippen LogP contribution in [0.2, 0.25) is 0 Å². The molecule has 0 saturated carbocycles. The number of aliphatic hydroxyl groups excluding tert-OH is 1. The van der Waals surface area contributed by atoms with E-state index in [0.29, 0.717) is 53.0 Å². The van der Waals surface area contributed by atoms with Gasteiger partial charge < -0.3 is 114 Å². The number of guanidine groups is 1. The number of fused-ring (bicyclic) bond motifs is 4. The number of nitrogens with zero attached hydrogens (tertiary/aromatic N) is 1. The van der Waals surface area contributed by atoms with E-state index in [0.717, 1.165) is 32.8 Å². The highest BCUT2D eigenvalue weighted by Gasteiger charge is 2.53. The molecule has 117 heavy (non-hydrogen) atoms. The fraction of sp³-hybridized carbons (Fsp3) is 0.481. The summed E-state index contributed by atoms with van der Waals surface area (Å²) in [5.41, 5.74) is 27.3. The summed E-state index contributed by atoms with van der Waals surface area (Å²) >= 11 is 0.838. The minimum Gasteiger partial charge on any atom is -0.494 e. The Labute approximate surface area is 680 Å². The Balaban J connectivity index is 0.846. The number of cyclic esters (lactones) is 1. The maximum absolute atomic E-state index is 14.8. The summed E-state index contributed by atoms with van der Waals surface area (Å²) in [5.74, 6) is -12.5. The third-order valence-electron chi connectivity index (χ3n) is 21.4. The number of H-pyrrole nitrogens is 1. The number of carbonyl (C=O) groups is 11. The number of unbranched alkanes of at least 4 members (excludes halogenated alkanes) is 1. The molecule has 0 radical (unpaired) electrons. The second kappa shape index (κ2) is 41.8. The first-order valence-electron chi connectivity index (χ1n) is 39.0. The van der Waals surface area contributed by atoms with Gasteiger partial charge in [0.25, 0.3) is 0 Å². The average Bonchev–Trinajstić information content (AvgIpc) is 1.59. The third kappa shape index (κ3) is 22.9. The number of benzene rings is 4. The molecule has 0 bridgehead atoms. The number of nitrogens with two attached hydrogens (primary N) is 4. The number of thioether (sulfide) groups is 1. The van der Waals surface area contributed by atoms with Crippen molar-refractivity contribution >= 4 is 93.6 Å². The smallest absolute Gasteiger partial charge is 0.313 e. The second-order valence-corrected chi connectivity index (χ2v) is 30.6. The molecular weight excluding hydrogens is 1540 g/mol. The summed E-state index contributed by atoms with van der Waals surface area (Å²) in [5, 5.41) is 64.3. The number of carbonyl (C=O) groups excluding carboxylic acids is 11. The normalized spacial score (nSPS) is 17.7. The Hall–Kier alpha value is -11.6. The van der Waals surface area contributed by atoms with Crippen LogP contribution in [0.25, 0.3) is 10.9 Å². The number of para-hydroxylation sites is 1. The van der Waals surface area contributed by atoms with Crippen molar-refractivity contribution in [3.05, 3.63) is 119 Å². The van der Waals surface area contributed by atoms with Crippen LogP contribution < -0.4 is 89.2 Å². The van der Waals surface area contributed by atoms with E-state index in [-0.39, 0.29) is 111 Å². The van der Waals surface area contributed by atoms with Crippen LogP contribution in [0, 0.1) is 29.1 Å². The monoisotopic (exact) mass is 1640 g/mol. The van der Waals surface area contributed by atoms with Crippen LogP contribution in [0.1, 0.15) is 139 Å². The van der Waals surface area contributed by atoms with Crippen LogP contribution in [-0.4, -0.2) is 191 Å². The molecule has 21 N–H and O–H groups in total. The largest absolute Gasteiger partial charge is 0.494 e. The van der Waals surface area contributed by atoms with Gasteiger partial charge in [-0.3, -0.25) is 62.7 Å². The number of hydrogen-bond donors (Lipinski definition) is 17. The van der Waals surface area contributed by atoms with E-state index in [1.165, 1.54) is 27.2 Å². The Morgan fingerprint density at radius 2 is 1.24 bits per heavy atom. The minimum absolute atomic E-state index is 0.0125. The molecule has 6 aromatic rings. The second-order valence-electron chi connectivity index (χ2n) is 29.5. The summed E-state index contributed by atoms with van der Waals surface area (Å²) in [6.07, 6.45) is 0.882. The van der Waals surface area contributed by atoms with E-state index in [4.69, 9.17) is 56.8 Å². The highest BCUT2D eigenvalue weighted by Crippen LogP contribution is 2.56. The lowest BCUT2D eigenvalue weighted by Gasteiger charge is -2.37. The number of aromatic amines is 1. The highest BCUT2D eigenvalue weighted by atomic mass is 32.2.